The number of rotatable bonds is 10. The van der Waals surface area contributed by atoms with Crippen molar-refractivity contribution in [2.75, 3.05) is 18.6 Å². The van der Waals surface area contributed by atoms with Gasteiger partial charge in [-0.05, 0) is 61.5 Å². The highest BCUT2D eigenvalue weighted by Gasteiger charge is 2.36. The van der Waals surface area contributed by atoms with E-state index in [1.54, 1.807) is 47.8 Å². The average molecular weight is 512 g/mol. The van der Waals surface area contributed by atoms with E-state index in [0.29, 0.717) is 22.6 Å². The van der Waals surface area contributed by atoms with Gasteiger partial charge in [-0.3, -0.25) is 19.3 Å². The number of ether oxygens (including phenoxy) is 1. The molecule has 1 aromatic heterocycles. The molecule has 0 spiro atoms. The first kappa shape index (κ1) is 26.9. The summed E-state index contributed by atoms with van der Waals surface area (Å²) in [5.74, 6) is -1.77. The van der Waals surface area contributed by atoms with Gasteiger partial charge >= 0.3 is 0 Å². The highest BCUT2D eigenvalue weighted by molar-refractivity contribution is 7.12. The Morgan fingerprint density at radius 3 is 2.47 bits per heavy atom. The van der Waals surface area contributed by atoms with Gasteiger partial charge in [0.25, 0.3) is 5.91 Å². The standard InChI is InChI=1S/C27H30FN3O4S/c1-5-27(2,3)30-26(34)24(18-10-8-11-19(16-18)35-4)31(21-13-7-6-12-20(21)28)23(32)17-29-25(33)22-14-9-15-36-22/h6-16,24H,5,17H2,1-4H3,(H,29,33)(H,30,34)/t24-/m0/s1. The maximum absolute atomic E-state index is 15.1. The molecule has 0 aliphatic rings. The van der Waals surface area contributed by atoms with Crippen molar-refractivity contribution in [2.45, 2.75) is 38.8 Å². The van der Waals surface area contributed by atoms with E-state index >= 15 is 4.39 Å². The third kappa shape index (κ3) is 6.48. The van der Waals surface area contributed by atoms with Gasteiger partial charge in [0.2, 0.25) is 11.8 Å². The second-order valence-electron chi connectivity index (χ2n) is 8.78. The molecular weight excluding hydrogens is 481 g/mol. The Labute approximate surface area is 214 Å². The molecule has 9 heteroatoms. The Hall–Kier alpha value is -3.72. The van der Waals surface area contributed by atoms with Gasteiger partial charge in [0.05, 0.1) is 24.2 Å². The first-order valence-electron chi connectivity index (χ1n) is 11.5. The number of thiophene rings is 1. The number of nitrogens with one attached hydrogen (secondary N) is 2. The molecule has 0 fully saturated rings. The predicted molar refractivity (Wildman–Crippen MR) is 139 cm³/mol. The van der Waals surface area contributed by atoms with E-state index in [4.69, 9.17) is 4.74 Å². The van der Waals surface area contributed by atoms with Gasteiger partial charge in [-0.1, -0.05) is 37.3 Å². The number of para-hydroxylation sites is 1. The zero-order chi connectivity index (χ0) is 26.3. The molecule has 0 saturated carbocycles. The highest BCUT2D eigenvalue weighted by Crippen LogP contribution is 2.32. The van der Waals surface area contributed by atoms with Gasteiger partial charge in [-0.15, -0.1) is 11.3 Å². The SMILES string of the molecule is CCC(C)(C)NC(=O)[C@H](c1cccc(OC)c1)N(C(=O)CNC(=O)c1cccs1)c1ccccc1F. The van der Waals surface area contributed by atoms with Crippen LogP contribution in [0.15, 0.2) is 66.0 Å². The number of nitrogens with zero attached hydrogens (tertiary/aromatic N) is 1. The molecule has 2 aromatic carbocycles. The quantitative estimate of drug-likeness (QED) is 0.413. The molecule has 7 nitrogen and oxygen atoms in total. The summed E-state index contributed by atoms with van der Waals surface area (Å²) < 4.78 is 20.4. The van der Waals surface area contributed by atoms with Crippen molar-refractivity contribution >= 4 is 34.7 Å². The van der Waals surface area contributed by atoms with Crippen LogP contribution in [-0.2, 0) is 9.59 Å². The van der Waals surface area contributed by atoms with Crippen molar-refractivity contribution in [1.29, 1.82) is 0 Å². The van der Waals surface area contributed by atoms with Crippen molar-refractivity contribution in [2.24, 2.45) is 0 Å². The van der Waals surface area contributed by atoms with Crippen LogP contribution in [0, 0.1) is 5.82 Å². The average Bonchev–Trinajstić information content (AvgIpc) is 3.41. The number of benzene rings is 2. The fraction of sp³-hybridized carbons (Fsp3) is 0.296. The molecule has 0 bridgehead atoms. The van der Waals surface area contributed by atoms with Crippen molar-refractivity contribution in [3.8, 4) is 5.75 Å². The van der Waals surface area contributed by atoms with Crippen molar-refractivity contribution < 1.29 is 23.5 Å². The maximum Gasteiger partial charge on any atom is 0.261 e. The van der Waals surface area contributed by atoms with E-state index in [0.717, 1.165) is 4.90 Å². The number of methoxy groups -OCH3 is 1. The summed E-state index contributed by atoms with van der Waals surface area (Å²) in [7, 11) is 1.49. The summed E-state index contributed by atoms with van der Waals surface area (Å²) in [6.45, 7) is 5.23. The van der Waals surface area contributed by atoms with Gasteiger partial charge in [0.1, 0.15) is 17.6 Å². The molecule has 1 atom stereocenters. The Morgan fingerprint density at radius 1 is 1.08 bits per heavy atom. The van der Waals surface area contributed by atoms with E-state index in [-0.39, 0.29) is 5.69 Å². The van der Waals surface area contributed by atoms with Crippen molar-refractivity contribution in [3.63, 3.8) is 0 Å². The molecule has 1 heterocycles. The van der Waals surface area contributed by atoms with E-state index in [2.05, 4.69) is 10.6 Å². The van der Waals surface area contributed by atoms with Crippen LogP contribution in [0.25, 0.3) is 0 Å². The molecule has 190 valence electrons. The summed E-state index contributed by atoms with van der Waals surface area (Å²) in [5.41, 5.74) is -0.226. The van der Waals surface area contributed by atoms with Crippen molar-refractivity contribution in [1.82, 2.24) is 10.6 Å². The molecule has 0 saturated heterocycles. The lowest BCUT2D eigenvalue weighted by Gasteiger charge is -2.35. The van der Waals surface area contributed by atoms with E-state index in [1.807, 2.05) is 20.8 Å². The molecule has 0 unspecified atom stereocenters. The fourth-order valence-corrected chi connectivity index (χ4v) is 4.16. The summed E-state index contributed by atoms with van der Waals surface area (Å²) in [5, 5.41) is 7.31. The number of amides is 3. The first-order chi connectivity index (χ1) is 17.2. The fourth-order valence-electron chi connectivity index (χ4n) is 3.52. The zero-order valence-corrected chi connectivity index (χ0v) is 21.5. The topological polar surface area (TPSA) is 87.7 Å². The smallest absolute Gasteiger partial charge is 0.261 e. The number of carbonyl (C=O) groups excluding carboxylic acids is 3. The van der Waals surface area contributed by atoms with Crippen molar-refractivity contribution in [3.05, 3.63) is 82.3 Å². The second kappa shape index (κ2) is 11.8. The summed E-state index contributed by atoms with van der Waals surface area (Å²) in [4.78, 5) is 41.3. The lowest BCUT2D eigenvalue weighted by molar-refractivity contribution is -0.127. The normalized spacial score (nSPS) is 11.9. The highest BCUT2D eigenvalue weighted by atomic mass is 32.1. The van der Waals surface area contributed by atoms with E-state index < -0.39 is 41.7 Å². The second-order valence-corrected chi connectivity index (χ2v) is 9.73. The predicted octanol–water partition coefficient (Wildman–Crippen LogP) is 4.70. The third-order valence-electron chi connectivity index (χ3n) is 5.79. The minimum atomic E-state index is -1.23. The summed E-state index contributed by atoms with van der Waals surface area (Å²) >= 11 is 1.24. The molecule has 3 amide bonds. The first-order valence-corrected chi connectivity index (χ1v) is 12.4. The number of hydrogen-bond donors (Lipinski definition) is 2. The van der Waals surface area contributed by atoms with E-state index in [1.165, 1.54) is 36.6 Å². The Morgan fingerprint density at radius 2 is 1.83 bits per heavy atom. The molecule has 36 heavy (non-hydrogen) atoms. The van der Waals surface area contributed by atoms with E-state index in [9.17, 15) is 14.4 Å². The lowest BCUT2D eigenvalue weighted by Crippen LogP contribution is -2.52. The molecule has 0 radical (unpaired) electrons. The monoisotopic (exact) mass is 511 g/mol. The molecule has 2 N–H and O–H groups in total. The molecular formula is C27H30FN3O4S. The molecule has 3 aromatic rings. The van der Waals surface area contributed by atoms with Crippen LogP contribution in [0.4, 0.5) is 10.1 Å². The van der Waals surface area contributed by atoms with Crippen LogP contribution in [0.3, 0.4) is 0 Å². The third-order valence-corrected chi connectivity index (χ3v) is 6.66. The molecule has 0 aliphatic heterocycles. The van der Waals surface area contributed by atoms with Crippen LogP contribution in [0.1, 0.15) is 48.5 Å². The van der Waals surface area contributed by atoms with Gasteiger partial charge in [-0.25, -0.2) is 4.39 Å². The number of halogens is 1. The zero-order valence-electron chi connectivity index (χ0n) is 20.7. The minimum Gasteiger partial charge on any atom is -0.497 e. The van der Waals surface area contributed by atoms with Crippen LogP contribution in [0.5, 0.6) is 5.75 Å². The number of carbonyl (C=O) groups is 3. The Kier molecular flexibility index (Phi) is 8.82. The molecule has 3 rings (SSSR count). The maximum atomic E-state index is 15.1. The Bertz CT molecular complexity index is 1210. The van der Waals surface area contributed by atoms with Gasteiger partial charge in [0.15, 0.2) is 0 Å². The number of anilines is 1. The van der Waals surface area contributed by atoms with Crippen LogP contribution in [0.2, 0.25) is 0 Å². The largest absolute Gasteiger partial charge is 0.497 e. The van der Waals surface area contributed by atoms with Gasteiger partial charge in [0, 0.05) is 5.54 Å². The van der Waals surface area contributed by atoms with Crippen LogP contribution < -0.4 is 20.3 Å². The summed E-state index contributed by atoms with van der Waals surface area (Å²) in [6, 6.07) is 14.6. The lowest BCUT2D eigenvalue weighted by atomic mass is 9.98. The minimum absolute atomic E-state index is 0.0786. The van der Waals surface area contributed by atoms with Gasteiger partial charge in [-0.2, -0.15) is 0 Å². The van der Waals surface area contributed by atoms with Gasteiger partial charge < -0.3 is 15.4 Å². The molecule has 0 aliphatic carbocycles. The number of hydrogen-bond acceptors (Lipinski definition) is 5. The summed E-state index contributed by atoms with van der Waals surface area (Å²) in [6.07, 6.45) is 0.633. The van der Waals surface area contributed by atoms with Crippen LogP contribution >= 0.6 is 11.3 Å². The van der Waals surface area contributed by atoms with Crippen LogP contribution in [-0.4, -0.2) is 36.9 Å². The Balaban J connectivity index is 2.07.